The topological polar surface area (TPSA) is 49.3 Å². The van der Waals surface area contributed by atoms with E-state index in [4.69, 9.17) is 0 Å². The summed E-state index contributed by atoms with van der Waals surface area (Å²) in [6.07, 6.45) is 1.87. The van der Waals surface area contributed by atoms with Gasteiger partial charge in [0, 0.05) is 20.1 Å². The van der Waals surface area contributed by atoms with E-state index in [0.717, 1.165) is 42.5 Å². The number of phenols is 1. The number of carbonyl (C=O) groups is 1. The molecule has 3 rings (SSSR count). The molecule has 0 fully saturated rings. The predicted octanol–water partition coefficient (Wildman–Crippen LogP) is 5.34. The summed E-state index contributed by atoms with van der Waals surface area (Å²) in [5, 5.41) is 12.8. The molecule has 23 heavy (non-hydrogen) atoms. The normalized spacial score (nSPS) is 15.0. The molecule has 0 radical (unpaired) electrons. The number of benzene rings is 2. The lowest BCUT2D eigenvalue weighted by Gasteiger charge is -2.09. The number of halogens is 2. The van der Waals surface area contributed by atoms with Gasteiger partial charge in [0.15, 0.2) is 0 Å². The van der Waals surface area contributed by atoms with Gasteiger partial charge in [0.1, 0.15) is 5.75 Å². The van der Waals surface area contributed by atoms with Crippen molar-refractivity contribution in [1.82, 2.24) is 0 Å². The molecule has 0 atom stereocenters. The Morgan fingerprint density at radius 1 is 1.04 bits per heavy atom. The molecule has 0 aliphatic carbocycles. The summed E-state index contributed by atoms with van der Waals surface area (Å²) >= 11 is 7.04. The highest BCUT2D eigenvalue weighted by atomic mass is 79.9. The molecule has 1 amide bonds. The number of amides is 1. The van der Waals surface area contributed by atoms with Crippen LogP contribution < -0.4 is 5.32 Å². The van der Waals surface area contributed by atoms with Crippen molar-refractivity contribution >= 4 is 55.1 Å². The highest BCUT2D eigenvalue weighted by Gasteiger charge is 2.29. The minimum Gasteiger partial charge on any atom is -0.507 e. The minimum absolute atomic E-state index is 0.120. The SMILES string of the molecule is Cc1cc(C=C2C(=O)Nc3c(Br)cc(Br)c(C)c32)cc(C)c1O. The van der Waals surface area contributed by atoms with Crippen molar-refractivity contribution < 1.29 is 9.90 Å². The first-order valence-corrected chi connectivity index (χ1v) is 8.70. The average molecular weight is 437 g/mol. The summed E-state index contributed by atoms with van der Waals surface area (Å²) in [4.78, 5) is 12.4. The quantitative estimate of drug-likeness (QED) is 0.593. The maximum Gasteiger partial charge on any atom is 0.256 e. The lowest BCUT2D eigenvalue weighted by molar-refractivity contribution is -0.110. The van der Waals surface area contributed by atoms with Crippen molar-refractivity contribution in [2.24, 2.45) is 0 Å². The third-order valence-corrected chi connectivity index (χ3v) is 5.50. The van der Waals surface area contributed by atoms with Gasteiger partial charge >= 0.3 is 0 Å². The van der Waals surface area contributed by atoms with E-state index in [1.165, 1.54) is 0 Å². The van der Waals surface area contributed by atoms with Crippen LogP contribution in [0, 0.1) is 20.8 Å². The van der Waals surface area contributed by atoms with E-state index < -0.39 is 0 Å². The highest BCUT2D eigenvalue weighted by molar-refractivity contribution is 9.11. The summed E-state index contributed by atoms with van der Waals surface area (Å²) in [5.74, 6) is 0.176. The van der Waals surface area contributed by atoms with Crippen molar-refractivity contribution in [3.8, 4) is 5.75 Å². The molecule has 3 nitrogen and oxygen atoms in total. The molecule has 0 saturated carbocycles. The zero-order chi connectivity index (χ0) is 16.9. The summed E-state index contributed by atoms with van der Waals surface area (Å²) in [5.41, 5.74) is 5.83. The monoisotopic (exact) mass is 435 g/mol. The summed E-state index contributed by atoms with van der Waals surface area (Å²) in [6, 6.07) is 5.69. The molecule has 5 heteroatoms. The van der Waals surface area contributed by atoms with Crippen molar-refractivity contribution in [3.63, 3.8) is 0 Å². The van der Waals surface area contributed by atoms with Crippen molar-refractivity contribution in [3.05, 3.63) is 55.0 Å². The van der Waals surface area contributed by atoms with Gasteiger partial charge in [-0.3, -0.25) is 4.79 Å². The van der Waals surface area contributed by atoms with Crippen LogP contribution in [-0.4, -0.2) is 11.0 Å². The van der Waals surface area contributed by atoms with Crippen molar-refractivity contribution in [2.45, 2.75) is 20.8 Å². The zero-order valence-electron chi connectivity index (χ0n) is 12.9. The molecule has 1 aliphatic rings. The van der Waals surface area contributed by atoms with Gasteiger partial charge in [-0.05, 0) is 83.2 Å². The lowest BCUT2D eigenvalue weighted by atomic mass is 9.98. The molecule has 2 aromatic rings. The number of aryl methyl sites for hydroxylation is 2. The van der Waals surface area contributed by atoms with Crippen LogP contribution >= 0.6 is 31.9 Å². The largest absolute Gasteiger partial charge is 0.507 e. The van der Waals surface area contributed by atoms with E-state index in [-0.39, 0.29) is 5.91 Å². The first kappa shape index (κ1) is 16.3. The molecule has 2 N–H and O–H groups in total. The van der Waals surface area contributed by atoms with Crippen LogP contribution in [0.25, 0.3) is 11.6 Å². The molecule has 1 heterocycles. The van der Waals surface area contributed by atoms with E-state index in [1.807, 2.05) is 45.0 Å². The fraction of sp³-hybridized carbons (Fsp3) is 0.167. The Morgan fingerprint density at radius 2 is 1.65 bits per heavy atom. The van der Waals surface area contributed by atoms with Gasteiger partial charge in [0.25, 0.3) is 5.91 Å². The average Bonchev–Trinajstić information content (AvgIpc) is 2.80. The number of hydrogen-bond acceptors (Lipinski definition) is 2. The number of anilines is 1. The fourth-order valence-corrected chi connectivity index (χ4v) is 4.11. The van der Waals surface area contributed by atoms with Crippen molar-refractivity contribution in [2.75, 3.05) is 5.32 Å². The van der Waals surface area contributed by atoms with E-state index in [0.29, 0.717) is 11.3 Å². The first-order valence-electron chi connectivity index (χ1n) is 7.12. The van der Waals surface area contributed by atoms with E-state index in [2.05, 4.69) is 37.2 Å². The van der Waals surface area contributed by atoms with Crippen molar-refractivity contribution in [1.29, 1.82) is 0 Å². The highest BCUT2D eigenvalue weighted by Crippen LogP contribution is 2.43. The summed E-state index contributed by atoms with van der Waals surface area (Å²) in [6.45, 7) is 5.69. The van der Waals surface area contributed by atoms with Crippen LogP contribution in [0.5, 0.6) is 5.75 Å². The molecule has 118 valence electrons. The Hall–Kier alpha value is -1.59. The van der Waals surface area contributed by atoms with Gasteiger partial charge in [-0.1, -0.05) is 15.9 Å². The Bertz CT molecular complexity index is 862. The van der Waals surface area contributed by atoms with E-state index in [1.54, 1.807) is 0 Å². The molecule has 0 saturated heterocycles. The second-order valence-corrected chi connectivity index (χ2v) is 7.44. The Labute approximate surface area is 151 Å². The third kappa shape index (κ3) is 2.72. The molecule has 0 spiro atoms. The number of phenolic OH excluding ortho intramolecular Hbond substituents is 1. The molecule has 0 aromatic heterocycles. The number of fused-ring (bicyclic) bond motifs is 1. The van der Waals surface area contributed by atoms with Gasteiger partial charge in [-0.25, -0.2) is 0 Å². The first-order chi connectivity index (χ1) is 10.8. The fourth-order valence-electron chi connectivity index (χ4n) is 2.85. The molecular formula is C18H15Br2NO2. The van der Waals surface area contributed by atoms with Crippen LogP contribution in [0.3, 0.4) is 0 Å². The Kier molecular flexibility index (Phi) is 4.10. The second-order valence-electron chi connectivity index (χ2n) is 5.73. The zero-order valence-corrected chi connectivity index (χ0v) is 16.1. The maximum absolute atomic E-state index is 12.4. The molecule has 0 bridgehead atoms. The Morgan fingerprint density at radius 3 is 2.26 bits per heavy atom. The van der Waals surface area contributed by atoms with E-state index >= 15 is 0 Å². The summed E-state index contributed by atoms with van der Waals surface area (Å²) in [7, 11) is 0. The molecule has 2 aromatic carbocycles. The molecule has 0 unspecified atom stereocenters. The lowest BCUT2D eigenvalue weighted by Crippen LogP contribution is -2.03. The Balaban J connectivity index is 2.22. The van der Waals surface area contributed by atoms with Crippen LogP contribution in [-0.2, 0) is 4.79 Å². The van der Waals surface area contributed by atoms with Crippen LogP contribution in [0.2, 0.25) is 0 Å². The number of hydrogen-bond donors (Lipinski definition) is 2. The number of nitrogens with one attached hydrogen (secondary N) is 1. The number of carbonyl (C=O) groups excluding carboxylic acids is 1. The van der Waals surface area contributed by atoms with Gasteiger partial charge in [0.05, 0.1) is 5.69 Å². The second kappa shape index (κ2) is 5.80. The van der Waals surface area contributed by atoms with Gasteiger partial charge in [0.2, 0.25) is 0 Å². The third-order valence-electron chi connectivity index (χ3n) is 4.05. The predicted molar refractivity (Wildman–Crippen MR) is 101 cm³/mol. The van der Waals surface area contributed by atoms with Gasteiger partial charge < -0.3 is 10.4 Å². The van der Waals surface area contributed by atoms with Gasteiger partial charge in [-0.15, -0.1) is 0 Å². The number of rotatable bonds is 1. The maximum atomic E-state index is 12.4. The van der Waals surface area contributed by atoms with E-state index in [9.17, 15) is 9.90 Å². The smallest absolute Gasteiger partial charge is 0.256 e. The van der Waals surface area contributed by atoms with Crippen LogP contribution in [0.15, 0.2) is 27.1 Å². The standard InChI is InChI=1S/C18H15Br2NO2/c1-8-4-11(5-9(2)17(8)22)6-12-15-10(3)13(19)7-14(20)16(15)21-18(12)23/h4-7,22H,1-3H3,(H,21,23). The number of aromatic hydroxyl groups is 1. The molecular weight excluding hydrogens is 422 g/mol. The van der Waals surface area contributed by atoms with Crippen LogP contribution in [0.4, 0.5) is 5.69 Å². The van der Waals surface area contributed by atoms with Gasteiger partial charge in [-0.2, -0.15) is 0 Å². The molecule has 1 aliphatic heterocycles. The van der Waals surface area contributed by atoms with Crippen LogP contribution in [0.1, 0.15) is 27.8 Å². The minimum atomic E-state index is -0.120. The summed E-state index contributed by atoms with van der Waals surface area (Å²) < 4.78 is 1.79.